The first-order valence-corrected chi connectivity index (χ1v) is 8.97. The average molecular weight is 305 g/mol. The molecule has 1 aromatic heterocycles. The minimum Gasteiger partial charge on any atom is -0.309 e. The lowest BCUT2D eigenvalue weighted by Gasteiger charge is -2.23. The molecule has 1 saturated heterocycles. The predicted octanol–water partition coefficient (Wildman–Crippen LogP) is 1.54. The smallest absolute Gasteiger partial charge is 0.151 e. The Kier molecular flexibility index (Phi) is 4.07. The molecular weight excluding hydrogens is 286 g/mol. The van der Waals surface area contributed by atoms with E-state index in [2.05, 4.69) is 10.4 Å². The summed E-state index contributed by atoms with van der Waals surface area (Å²) in [5.74, 6) is 0.599. The minimum atomic E-state index is -2.85. The summed E-state index contributed by atoms with van der Waals surface area (Å²) in [6, 6.07) is 10.1. The van der Waals surface area contributed by atoms with Gasteiger partial charge in [0.05, 0.1) is 17.2 Å². The molecule has 2 aromatic rings. The van der Waals surface area contributed by atoms with Crippen molar-refractivity contribution >= 4 is 9.84 Å². The molecule has 1 atom stereocenters. The maximum atomic E-state index is 11.6. The van der Waals surface area contributed by atoms with Gasteiger partial charge in [-0.2, -0.15) is 5.10 Å². The van der Waals surface area contributed by atoms with Gasteiger partial charge in [-0.25, -0.2) is 13.1 Å². The molecule has 2 heterocycles. The highest BCUT2D eigenvalue weighted by Crippen LogP contribution is 2.13. The van der Waals surface area contributed by atoms with Crippen LogP contribution >= 0.6 is 0 Å². The molecule has 21 heavy (non-hydrogen) atoms. The van der Waals surface area contributed by atoms with E-state index in [0.717, 1.165) is 24.1 Å². The van der Waals surface area contributed by atoms with Crippen molar-refractivity contribution in [2.45, 2.75) is 25.4 Å². The number of sulfone groups is 1. The van der Waals surface area contributed by atoms with E-state index in [0.29, 0.717) is 12.3 Å². The van der Waals surface area contributed by atoms with E-state index in [-0.39, 0.29) is 11.8 Å². The third-order valence-corrected chi connectivity index (χ3v) is 5.58. The molecule has 0 bridgehead atoms. The van der Waals surface area contributed by atoms with E-state index in [1.54, 1.807) is 6.20 Å². The molecule has 1 aromatic carbocycles. The quantitative estimate of drug-likeness (QED) is 0.930. The van der Waals surface area contributed by atoms with Crippen molar-refractivity contribution in [3.63, 3.8) is 0 Å². The van der Waals surface area contributed by atoms with Crippen LogP contribution in [-0.4, -0.2) is 35.7 Å². The van der Waals surface area contributed by atoms with Crippen LogP contribution in [0, 0.1) is 0 Å². The van der Waals surface area contributed by atoms with Crippen molar-refractivity contribution in [1.82, 2.24) is 15.1 Å². The maximum absolute atomic E-state index is 11.6. The number of benzene rings is 1. The van der Waals surface area contributed by atoms with Gasteiger partial charge >= 0.3 is 0 Å². The molecule has 1 aliphatic rings. The molecule has 1 N–H and O–H groups in total. The van der Waals surface area contributed by atoms with Gasteiger partial charge in [0.2, 0.25) is 0 Å². The second kappa shape index (κ2) is 5.99. The molecule has 0 spiro atoms. The zero-order valence-electron chi connectivity index (χ0n) is 11.8. The van der Waals surface area contributed by atoms with Crippen molar-refractivity contribution < 1.29 is 8.42 Å². The van der Waals surface area contributed by atoms with Crippen molar-refractivity contribution in [2.24, 2.45) is 0 Å². The van der Waals surface area contributed by atoms with Gasteiger partial charge in [0.15, 0.2) is 9.84 Å². The van der Waals surface area contributed by atoms with Crippen LogP contribution in [0.2, 0.25) is 0 Å². The number of hydrogen-bond acceptors (Lipinski definition) is 4. The van der Waals surface area contributed by atoms with Crippen LogP contribution < -0.4 is 5.32 Å². The third-order valence-electron chi connectivity index (χ3n) is 3.76. The molecule has 112 valence electrons. The first kappa shape index (κ1) is 14.3. The van der Waals surface area contributed by atoms with Crippen LogP contribution in [0.15, 0.2) is 42.7 Å². The van der Waals surface area contributed by atoms with Gasteiger partial charge < -0.3 is 5.32 Å². The molecule has 1 fully saturated rings. The molecule has 0 amide bonds. The monoisotopic (exact) mass is 305 g/mol. The fourth-order valence-electron chi connectivity index (χ4n) is 2.63. The first-order valence-electron chi connectivity index (χ1n) is 7.15. The Balaban J connectivity index is 1.58. The normalized spacial score (nSPS) is 21.2. The van der Waals surface area contributed by atoms with Crippen molar-refractivity contribution in [3.8, 4) is 5.69 Å². The highest BCUT2D eigenvalue weighted by molar-refractivity contribution is 7.91. The fourth-order valence-corrected chi connectivity index (χ4v) is 4.30. The van der Waals surface area contributed by atoms with Gasteiger partial charge in [0.1, 0.15) is 0 Å². The molecule has 0 radical (unpaired) electrons. The topological polar surface area (TPSA) is 64.0 Å². The molecule has 1 unspecified atom stereocenters. The average Bonchev–Trinajstić information content (AvgIpc) is 2.99. The molecule has 0 aliphatic carbocycles. The summed E-state index contributed by atoms with van der Waals surface area (Å²) in [4.78, 5) is 0. The second-order valence-electron chi connectivity index (χ2n) is 5.45. The number of hydrogen-bond donors (Lipinski definition) is 1. The van der Waals surface area contributed by atoms with E-state index < -0.39 is 9.84 Å². The molecule has 1 aliphatic heterocycles. The Labute approximate surface area is 124 Å². The number of nitrogens with zero attached hydrogens (tertiary/aromatic N) is 2. The van der Waals surface area contributed by atoms with Gasteiger partial charge in [-0.15, -0.1) is 0 Å². The van der Waals surface area contributed by atoms with Gasteiger partial charge in [0, 0.05) is 25.0 Å². The van der Waals surface area contributed by atoms with Gasteiger partial charge in [-0.1, -0.05) is 12.1 Å². The van der Waals surface area contributed by atoms with E-state index in [1.165, 1.54) is 0 Å². The summed E-state index contributed by atoms with van der Waals surface area (Å²) in [5.41, 5.74) is 2.16. The summed E-state index contributed by atoms with van der Waals surface area (Å²) in [7, 11) is -2.85. The Morgan fingerprint density at radius 1 is 1.29 bits per heavy atom. The van der Waals surface area contributed by atoms with Crippen LogP contribution in [0.4, 0.5) is 0 Å². The second-order valence-corrected chi connectivity index (χ2v) is 7.68. The lowest BCUT2D eigenvalue weighted by molar-refractivity contribution is 0.480. The highest BCUT2D eigenvalue weighted by atomic mass is 32.2. The van der Waals surface area contributed by atoms with Crippen molar-refractivity contribution in [3.05, 3.63) is 48.3 Å². The predicted molar refractivity (Wildman–Crippen MR) is 82.1 cm³/mol. The SMILES string of the molecule is O=S1(=O)CCCC(NCc2ccc(-n3cccn3)cc2)C1. The van der Waals surface area contributed by atoms with Crippen LogP contribution in [-0.2, 0) is 16.4 Å². The third kappa shape index (κ3) is 3.71. The van der Waals surface area contributed by atoms with Crippen LogP contribution in [0.3, 0.4) is 0 Å². The number of rotatable bonds is 4. The van der Waals surface area contributed by atoms with E-state index in [1.807, 2.05) is 41.2 Å². The zero-order chi connectivity index (χ0) is 14.7. The number of nitrogens with one attached hydrogen (secondary N) is 1. The largest absolute Gasteiger partial charge is 0.309 e. The van der Waals surface area contributed by atoms with E-state index >= 15 is 0 Å². The van der Waals surface area contributed by atoms with Gasteiger partial charge in [0.25, 0.3) is 0 Å². The molecule has 3 rings (SSSR count). The summed E-state index contributed by atoms with van der Waals surface area (Å²) in [5, 5.41) is 7.53. The fraction of sp³-hybridized carbons (Fsp3) is 0.400. The van der Waals surface area contributed by atoms with Crippen molar-refractivity contribution in [1.29, 1.82) is 0 Å². The Morgan fingerprint density at radius 3 is 2.76 bits per heavy atom. The summed E-state index contributed by atoms with van der Waals surface area (Å²) < 4.78 is 25.0. The lowest BCUT2D eigenvalue weighted by atomic mass is 10.1. The first-order chi connectivity index (χ1) is 10.1. The van der Waals surface area contributed by atoms with Crippen LogP contribution in [0.25, 0.3) is 5.69 Å². The molecule has 6 heteroatoms. The Hall–Kier alpha value is -1.66. The molecule has 0 saturated carbocycles. The zero-order valence-corrected chi connectivity index (χ0v) is 12.6. The lowest BCUT2D eigenvalue weighted by Crippen LogP contribution is -2.39. The maximum Gasteiger partial charge on any atom is 0.151 e. The molecule has 5 nitrogen and oxygen atoms in total. The molecular formula is C15H19N3O2S. The highest BCUT2D eigenvalue weighted by Gasteiger charge is 2.23. The minimum absolute atomic E-state index is 0.0783. The summed E-state index contributed by atoms with van der Waals surface area (Å²) in [6.07, 6.45) is 5.35. The van der Waals surface area contributed by atoms with E-state index in [4.69, 9.17) is 0 Å². The van der Waals surface area contributed by atoms with Crippen LogP contribution in [0.5, 0.6) is 0 Å². The van der Waals surface area contributed by atoms with Crippen molar-refractivity contribution in [2.75, 3.05) is 11.5 Å². The Bertz CT molecular complexity index is 678. The summed E-state index contributed by atoms with van der Waals surface area (Å²) >= 11 is 0. The standard InChI is InChI=1S/C15H19N3O2S/c19-21(20)10-1-3-14(12-21)16-11-13-4-6-15(7-5-13)18-9-2-8-17-18/h2,4-9,14,16H,1,3,10-12H2. The van der Waals surface area contributed by atoms with Gasteiger partial charge in [-0.05, 0) is 36.6 Å². The summed E-state index contributed by atoms with van der Waals surface area (Å²) in [6.45, 7) is 0.694. The van der Waals surface area contributed by atoms with E-state index in [9.17, 15) is 8.42 Å². The number of aromatic nitrogens is 2. The Morgan fingerprint density at radius 2 is 2.10 bits per heavy atom. The van der Waals surface area contributed by atoms with Crippen LogP contribution in [0.1, 0.15) is 18.4 Å². The van der Waals surface area contributed by atoms with Gasteiger partial charge in [-0.3, -0.25) is 0 Å².